The van der Waals surface area contributed by atoms with E-state index >= 15 is 0 Å². The third-order valence-electron chi connectivity index (χ3n) is 2.71. The molecule has 1 aromatic rings. The van der Waals surface area contributed by atoms with Crippen LogP contribution in [0.3, 0.4) is 0 Å². The van der Waals surface area contributed by atoms with Gasteiger partial charge in [0, 0.05) is 35.4 Å². The van der Waals surface area contributed by atoms with Crippen molar-refractivity contribution in [2.45, 2.75) is 13.5 Å². The van der Waals surface area contributed by atoms with Crippen LogP contribution in [0.25, 0.3) is 0 Å². The summed E-state index contributed by atoms with van der Waals surface area (Å²) in [4.78, 5) is 14.0. The molecular weight excluding hydrogens is 300 g/mol. The van der Waals surface area contributed by atoms with Gasteiger partial charge in [0.05, 0.1) is 18.4 Å². The van der Waals surface area contributed by atoms with E-state index in [-0.39, 0.29) is 10.6 Å². The molecule has 1 heterocycles. The lowest BCUT2D eigenvalue weighted by Crippen LogP contribution is -2.29. The third-order valence-corrected chi connectivity index (χ3v) is 4.38. The Hall–Kier alpha value is -0.920. The van der Waals surface area contributed by atoms with Crippen LogP contribution in [-0.2, 0) is 17.3 Å². The van der Waals surface area contributed by atoms with Crippen LogP contribution in [0.2, 0.25) is 5.02 Å². The van der Waals surface area contributed by atoms with Crippen LogP contribution < -0.4 is 10.9 Å². The summed E-state index contributed by atoms with van der Waals surface area (Å²) in [5.74, 6) is 1.15. The summed E-state index contributed by atoms with van der Waals surface area (Å²) >= 11 is 6.04. The lowest BCUT2D eigenvalue weighted by atomic mass is 10.4. The third kappa shape index (κ3) is 5.22. The van der Waals surface area contributed by atoms with Gasteiger partial charge in [-0.25, -0.2) is 4.68 Å². The molecule has 1 unspecified atom stereocenters. The van der Waals surface area contributed by atoms with Gasteiger partial charge in [0.25, 0.3) is 5.56 Å². The monoisotopic (exact) mass is 320 g/mol. The molecule has 0 saturated carbocycles. The predicted octanol–water partition coefficient (Wildman–Crippen LogP) is 0.639. The summed E-state index contributed by atoms with van der Waals surface area (Å²) < 4.78 is 12.7. The summed E-state index contributed by atoms with van der Waals surface area (Å²) in [7, 11) is 3.01. The highest BCUT2D eigenvalue weighted by molar-refractivity contribution is 7.84. The minimum atomic E-state index is -0.840. The van der Waals surface area contributed by atoms with E-state index in [0.717, 1.165) is 0 Å². The van der Waals surface area contributed by atoms with Crippen LogP contribution in [0.4, 0.5) is 5.69 Å². The molecular formula is C12H21ClN4O2S. The number of hydrogen-bond acceptors (Lipinski definition) is 5. The Morgan fingerprint density at radius 2 is 2.20 bits per heavy atom. The Balaban J connectivity index is 2.69. The summed E-state index contributed by atoms with van der Waals surface area (Å²) in [6.07, 6.45) is 1.54. The van der Waals surface area contributed by atoms with Gasteiger partial charge >= 0.3 is 0 Å². The fraction of sp³-hybridized carbons (Fsp3) is 0.667. The quantitative estimate of drug-likeness (QED) is 0.761. The Bertz CT molecular complexity index is 519. The van der Waals surface area contributed by atoms with Crippen molar-refractivity contribution in [3.63, 3.8) is 0 Å². The molecule has 0 radical (unpaired) electrons. The molecule has 0 aliphatic rings. The molecule has 1 aromatic heterocycles. The highest BCUT2D eigenvalue weighted by Gasteiger charge is 2.09. The number of likely N-dealkylation sites (N-methyl/N-ethyl adjacent to an activating group) is 1. The molecule has 0 saturated heterocycles. The fourth-order valence-corrected chi connectivity index (χ4v) is 2.32. The van der Waals surface area contributed by atoms with Crippen LogP contribution in [0.5, 0.6) is 0 Å². The van der Waals surface area contributed by atoms with Crippen LogP contribution in [0.1, 0.15) is 6.92 Å². The first-order chi connectivity index (χ1) is 9.45. The second-order valence-electron chi connectivity index (χ2n) is 4.56. The lowest BCUT2D eigenvalue weighted by Gasteiger charge is -2.12. The molecule has 0 spiro atoms. The van der Waals surface area contributed by atoms with Gasteiger partial charge in [0.15, 0.2) is 0 Å². The first-order valence-corrected chi connectivity index (χ1v) is 8.31. The normalized spacial score (nSPS) is 12.7. The molecule has 1 atom stereocenters. The van der Waals surface area contributed by atoms with Crippen molar-refractivity contribution in [3.05, 3.63) is 21.6 Å². The standard InChI is InChI=1S/C12H21ClN4O2S/c1-4-20(19)8-5-14-10-9-15-17(7-6-16(2)3)12(18)11(10)13/h9,14H,4-8H2,1-3H3. The van der Waals surface area contributed by atoms with Gasteiger partial charge in [-0.2, -0.15) is 5.10 Å². The lowest BCUT2D eigenvalue weighted by molar-refractivity contribution is 0.367. The zero-order valence-corrected chi connectivity index (χ0v) is 13.6. The maximum atomic E-state index is 12.0. The van der Waals surface area contributed by atoms with Crippen LogP contribution in [-0.4, -0.2) is 57.6 Å². The maximum absolute atomic E-state index is 12.0. The zero-order valence-electron chi connectivity index (χ0n) is 12.1. The van der Waals surface area contributed by atoms with E-state index in [1.165, 1.54) is 10.9 Å². The minimum Gasteiger partial charge on any atom is -0.381 e. The molecule has 0 bridgehead atoms. The Kier molecular flexibility index (Phi) is 7.18. The Morgan fingerprint density at radius 1 is 1.50 bits per heavy atom. The van der Waals surface area contributed by atoms with Crippen molar-refractivity contribution < 1.29 is 4.21 Å². The molecule has 8 heteroatoms. The molecule has 114 valence electrons. The van der Waals surface area contributed by atoms with Gasteiger partial charge < -0.3 is 10.2 Å². The molecule has 0 aromatic carbocycles. The molecule has 0 aliphatic carbocycles. The van der Waals surface area contributed by atoms with E-state index in [1.807, 2.05) is 25.9 Å². The molecule has 1 N–H and O–H groups in total. The Labute approximate surface area is 126 Å². The highest BCUT2D eigenvalue weighted by atomic mass is 35.5. The molecule has 6 nitrogen and oxygen atoms in total. The molecule has 0 fully saturated rings. The number of hydrogen-bond donors (Lipinski definition) is 1. The van der Waals surface area contributed by atoms with Gasteiger partial charge in [0.2, 0.25) is 0 Å². The van der Waals surface area contributed by atoms with Crippen LogP contribution in [0.15, 0.2) is 11.0 Å². The van der Waals surface area contributed by atoms with Gasteiger partial charge in [-0.3, -0.25) is 9.00 Å². The number of nitrogens with one attached hydrogen (secondary N) is 1. The van der Waals surface area contributed by atoms with E-state index in [9.17, 15) is 9.00 Å². The van der Waals surface area contributed by atoms with Crippen molar-refractivity contribution in [3.8, 4) is 0 Å². The fourth-order valence-electron chi connectivity index (χ4n) is 1.49. The van der Waals surface area contributed by atoms with Gasteiger partial charge in [-0.15, -0.1) is 0 Å². The van der Waals surface area contributed by atoms with Gasteiger partial charge in [0.1, 0.15) is 5.02 Å². The summed E-state index contributed by atoms with van der Waals surface area (Å²) in [6.45, 7) is 3.58. The molecule has 0 amide bonds. The van der Waals surface area contributed by atoms with Crippen LogP contribution in [0, 0.1) is 0 Å². The number of rotatable bonds is 8. The van der Waals surface area contributed by atoms with E-state index < -0.39 is 10.8 Å². The molecule has 0 aliphatic heterocycles. The van der Waals surface area contributed by atoms with E-state index in [2.05, 4.69) is 10.4 Å². The SMILES string of the molecule is CCS(=O)CCNc1cnn(CCN(C)C)c(=O)c1Cl. The molecule has 1 rings (SSSR count). The van der Waals surface area contributed by atoms with Crippen LogP contribution >= 0.6 is 11.6 Å². The largest absolute Gasteiger partial charge is 0.381 e. The smallest absolute Gasteiger partial charge is 0.287 e. The minimum absolute atomic E-state index is 0.126. The summed E-state index contributed by atoms with van der Waals surface area (Å²) in [5, 5.41) is 7.21. The van der Waals surface area contributed by atoms with E-state index in [4.69, 9.17) is 11.6 Å². The van der Waals surface area contributed by atoms with Crippen molar-refractivity contribution in [2.24, 2.45) is 0 Å². The summed E-state index contributed by atoms with van der Waals surface area (Å²) in [5.41, 5.74) is 0.181. The maximum Gasteiger partial charge on any atom is 0.287 e. The second-order valence-corrected chi connectivity index (χ2v) is 6.81. The zero-order chi connectivity index (χ0) is 15.1. The topological polar surface area (TPSA) is 67.2 Å². The van der Waals surface area contributed by atoms with Crippen molar-refractivity contribution in [2.75, 3.05) is 44.0 Å². The number of halogens is 1. The highest BCUT2D eigenvalue weighted by Crippen LogP contribution is 2.14. The van der Waals surface area contributed by atoms with Crippen molar-refractivity contribution >= 4 is 28.1 Å². The molecule has 20 heavy (non-hydrogen) atoms. The van der Waals surface area contributed by atoms with E-state index in [0.29, 0.717) is 36.8 Å². The van der Waals surface area contributed by atoms with Gasteiger partial charge in [-0.1, -0.05) is 18.5 Å². The van der Waals surface area contributed by atoms with E-state index in [1.54, 1.807) is 0 Å². The average Bonchev–Trinajstić information content (AvgIpc) is 2.42. The number of nitrogens with zero attached hydrogens (tertiary/aromatic N) is 3. The average molecular weight is 321 g/mol. The first-order valence-electron chi connectivity index (χ1n) is 6.45. The number of aromatic nitrogens is 2. The number of anilines is 1. The second kappa shape index (κ2) is 8.39. The van der Waals surface area contributed by atoms with Gasteiger partial charge in [-0.05, 0) is 14.1 Å². The van der Waals surface area contributed by atoms with Crippen molar-refractivity contribution in [1.82, 2.24) is 14.7 Å². The predicted molar refractivity (Wildman–Crippen MR) is 84.1 cm³/mol. The first kappa shape index (κ1) is 17.1. The Morgan fingerprint density at radius 3 is 2.80 bits per heavy atom. The van der Waals surface area contributed by atoms with Crippen molar-refractivity contribution in [1.29, 1.82) is 0 Å². The summed E-state index contributed by atoms with van der Waals surface area (Å²) in [6, 6.07) is 0.